The van der Waals surface area contributed by atoms with E-state index >= 15 is 0 Å². The van der Waals surface area contributed by atoms with Crippen LogP contribution in [0.15, 0.2) is 176 Å². The number of nitrogens with zero attached hydrogens (tertiary/aromatic N) is 5. The molecule has 0 saturated heterocycles. The molecule has 0 fully saturated rings. The van der Waals surface area contributed by atoms with Crippen molar-refractivity contribution < 1.29 is 0 Å². The smallest absolute Gasteiger partial charge is 0.164 e. The molecule has 0 bridgehead atoms. The van der Waals surface area contributed by atoms with Crippen LogP contribution in [0.1, 0.15) is 0 Å². The van der Waals surface area contributed by atoms with E-state index in [2.05, 4.69) is 125 Å². The first-order chi connectivity index (χ1) is 26.3. The van der Waals surface area contributed by atoms with E-state index in [1.54, 1.807) is 0 Å². The summed E-state index contributed by atoms with van der Waals surface area (Å²) in [5.41, 5.74) is 8.65. The number of aromatic nitrogens is 5. The molecular formula is C47H29N5S. The highest BCUT2D eigenvalue weighted by atomic mass is 32.1. The molecule has 0 saturated carbocycles. The van der Waals surface area contributed by atoms with Crippen LogP contribution in [0.3, 0.4) is 0 Å². The number of hydrogen-bond acceptors (Lipinski definition) is 4. The fourth-order valence-electron chi connectivity index (χ4n) is 7.75. The van der Waals surface area contributed by atoms with E-state index in [0.29, 0.717) is 17.5 Å². The summed E-state index contributed by atoms with van der Waals surface area (Å²) >= 11 is 1.87. The van der Waals surface area contributed by atoms with Gasteiger partial charge in [-0.15, -0.1) is 11.3 Å². The largest absolute Gasteiger partial charge is 0.316 e. The highest BCUT2D eigenvalue weighted by Gasteiger charge is 2.21. The third-order valence-corrected chi connectivity index (χ3v) is 11.4. The third-order valence-electron chi connectivity index (χ3n) is 10.2. The lowest BCUT2D eigenvalue weighted by Gasteiger charge is -2.12. The molecule has 7 aromatic carbocycles. The van der Waals surface area contributed by atoms with E-state index in [0.717, 1.165) is 28.1 Å². The monoisotopic (exact) mass is 695 g/mol. The SMILES string of the molecule is c1ccc(-c2nc(-c3ccccc3)nc(-c3ccc(-n4c5c(ccc6c5ccn6-c5ccccc5)c5ccc6c7ccccc7sc6c54)cc3)n2)cc1. The Bertz CT molecular complexity index is 3080. The molecule has 11 aromatic rings. The van der Waals surface area contributed by atoms with Crippen molar-refractivity contribution in [3.63, 3.8) is 0 Å². The van der Waals surface area contributed by atoms with Gasteiger partial charge in [0.25, 0.3) is 0 Å². The summed E-state index contributed by atoms with van der Waals surface area (Å²) in [4.78, 5) is 14.9. The Labute approximate surface area is 308 Å². The van der Waals surface area contributed by atoms with Crippen LogP contribution in [-0.2, 0) is 0 Å². The molecular weight excluding hydrogens is 667 g/mol. The van der Waals surface area contributed by atoms with Gasteiger partial charge < -0.3 is 9.13 Å². The van der Waals surface area contributed by atoms with Gasteiger partial charge in [-0.2, -0.15) is 0 Å². The zero-order chi connectivity index (χ0) is 34.9. The van der Waals surface area contributed by atoms with Crippen LogP contribution in [0.4, 0.5) is 0 Å². The van der Waals surface area contributed by atoms with Gasteiger partial charge in [0, 0.05) is 65.9 Å². The number of benzene rings is 7. The minimum absolute atomic E-state index is 0.640. The molecule has 4 heterocycles. The summed E-state index contributed by atoms with van der Waals surface area (Å²) in [6.07, 6.45) is 2.19. The summed E-state index contributed by atoms with van der Waals surface area (Å²) in [6.45, 7) is 0. The average molecular weight is 696 g/mol. The van der Waals surface area contributed by atoms with Gasteiger partial charge >= 0.3 is 0 Å². The lowest BCUT2D eigenvalue weighted by molar-refractivity contribution is 1.07. The lowest BCUT2D eigenvalue weighted by Crippen LogP contribution is -2.00. The Kier molecular flexibility index (Phi) is 6.66. The van der Waals surface area contributed by atoms with Gasteiger partial charge in [-0.25, -0.2) is 15.0 Å². The van der Waals surface area contributed by atoms with Crippen LogP contribution in [-0.4, -0.2) is 24.1 Å². The summed E-state index contributed by atoms with van der Waals surface area (Å²) in [6, 6.07) is 59.7. The molecule has 0 aliphatic heterocycles. The molecule has 0 unspecified atom stereocenters. The first-order valence-corrected chi connectivity index (χ1v) is 18.5. The van der Waals surface area contributed by atoms with E-state index in [1.165, 1.54) is 52.9 Å². The fraction of sp³-hybridized carbons (Fsp3) is 0. The van der Waals surface area contributed by atoms with Crippen molar-refractivity contribution in [2.75, 3.05) is 0 Å². The molecule has 0 amide bonds. The molecule has 0 spiro atoms. The van der Waals surface area contributed by atoms with Crippen LogP contribution >= 0.6 is 11.3 Å². The zero-order valence-electron chi connectivity index (χ0n) is 28.4. The van der Waals surface area contributed by atoms with E-state index in [4.69, 9.17) is 15.0 Å². The third kappa shape index (κ3) is 4.73. The number of rotatable bonds is 5. The van der Waals surface area contributed by atoms with Gasteiger partial charge in [-0.3, -0.25) is 0 Å². The molecule has 248 valence electrons. The lowest BCUT2D eigenvalue weighted by atomic mass is 10.1. The van der Waals surface area contributed by atoms with Crippen molar-refractivity contribution >= 4 is 64.2 Å². The van der Waals surface area contributed by atoms with E-state index in [-0.39, 0.29) is 0 Å². The topological polar surface area (TPSA) is 48.5 Å². The van der Waals surface area contributed by atoms with Crippen molar-refractivity contribution in [3.8, 4) is 45.5 Å². The van der Waals surface area contributed by atoms with Gasteiger partial charge in [0.2, 0.25) is 0 Å². The second-order valence-corrected chi connectivity index (χ2v) is 14.3. The van der Waals surface area contributed by atoms with Crippen LogP contribution < -0.4 is 0 Å². The minimum atomic E-state index is 0.640. The highest BCUT2D eigenvalue weighted by molar-refractivity contribution is 7.26. The number of thiophene rings is 1. The first-order valence-electron chi connectivity index (χ1n) is 17.7. The number of hydrogen-bond donors (Lipinski definition) is 0. The van der Waals surface area contributed by atoms with Crippen molar-refractivity contribution in [3.05, 3.63) is 176 Å². The molecule has 0 aliphatic rings. The maximum atomic E-state index is 5.00. The Morgan fingerprint density at radius 2 is 0.925 bits per heavy atom. The Hall–Kier alpha value is -6.89. The number of para-hydroxylation sites is 1. The predicted octanol–water partition coefficient (Wildman–Crippen LogP) is 12.3. The second kappa shape index (κ2) is 11.8. The van der Waals surface area contributed by atoms with Gasteiger partial charge in [0.05, 0.1) is 21.3 Å². The van der Waals surface area contributed by atoms with E-state index in [9.17, 15) is 0 Å². The van der Waals surface area contributed by atoms with Gasteiger partial charge in [0.15, 0.2) is 17.5 Å². The van der Waals surface area contributed by atoms with Crippen molar-refractivity contribution in [2.24, 2.45) is 0 Å². The Morgan fingerprint density at radius 3 is 1.60 bits per heavy atom. The van der Waals surface area contributed by atoms with E-state index in [1.807, 2.05) is 72.0 Å². The summed E-state index contributed by atoms with van der Waals surface area (Å²) in [5.74, 6) is 1.94. The van der Waals surface area contributed by atoms with Crippen molar-refractivity contribution in [1.82, 2.24) is 24.1 Å². The normalized spacial score (nSPS) is 11.8. The first kappa shape index (κ1) is 29.8. The average Bonchev–Trinajstić information content (AvgIpc) is 3.94. The molecule has 0 aliphatic carbocycles. The summed E-state index contributed by atoms with van der Waals surface area (Å²) < 4.78 is 7.34. The van der Waals surface area contributed by atoms with Crippen LogP contribution in [0, 0.1) is 0 Å². The van der Waals surface area contributed by atoms with Gasteiger partial charge in [-0.05, 0) is 54.6 Å². The van der Waals surface area contributed by atoms with Crippen LogP contribution in [0.25, 0.3) is 98.4 Å². The molecule has 6 heteroatoms. The quantitative estimate of drug-likeness (QED) is 0.180. The standard InChI is InChI=1S/C47H29N5S/c1-4-12-30(13-5-1)45-48-46(31-14-6-2-7-15-31)50-47(49-45)32-20-22-34(23-21-32)52-42-36(26-27-40-39(42)28-29-51(40)33-16-8-3-9-17-33)37-24-25-38-35-18-10-11-19-41(35)53-44(38)43(37)52/h1-29H. The Morgan fingerprint density at radius 1 is 0.377 bits per heavy atom. The maximum Gasteiger partial charge on any atom is 0.164 e. The zero-order valence-corrected chi connectivity index (χ0v) is 29.2. The molecule has 53 heavy (non-hydrogen) atoms. The molecule has 4 aromatic heterocycles. The molecule has 0 atom stereocenters. The molecule has 0 radical (unpaired) electrons. The van der Waals surface area contributed by atoms with Crippen LogP contribution in [0.5, 0.6) is 0 Å². The molecule has 5 nitrogen and oxygen atoms in total. The number of fused-ring (bicyclic) bond motifs is 9. The van der Waals surface area contributed by atoms with E-state index < -0.39 is 0 Å². The Balaban J connectivity index is 1.15. The van der Waals surface area contributed by atoms with Gasteiger partial charge in [-0.1, -0.05) is 115 Å². The molecule has 0 N–H and O–H groups in total. The van der Waals surface area contributed by atoms with Crippen molar-refractivity contribution in [2.45, 2.75) is 0 Å². The summed E-state index contributed by atoms with van der Waals surface area (Å²) in [5, 5.41) is 6.26. The van der Waals surface area contributed by atoms with Crippen molar-refractivity contribution in [1.29, 1.82) is 0 Å². The fourth-order valence-corrected chi connectivity index (χ4v) is 8.99. The van der Waals surface area contributed by atoms with Gasteiger partial charge in [0.1, 0.15) is 0 Å². The van der Waals surface area contributed by atoms with Crippen LogP contribution in [0.2, 0.25) is 0 Å². The maximum absolute atomic E-state index is 5.00. The minimum Gasteiger partial charge on any atom is -0.316 e. The summed E-state index contributed by atoms with van der Waals surface area (Å²) in [7, 11) is 0. The molecule has 11 rings (SSSR count). The second-order valence-electron chi connectivity index (χ2n) is 13.3. The highest BCUT2D eigenvalue weighted by Crippen LogP contribution is 2.45. The predicted molar refractivity (Wildman–Crippen MR) is 220 cm³/mol.